The SMILES string of the molecule is COc1ccc(OC)c(CNC(=O)c2scnc2C)c1. The minimum atomic E-state index is -0.130. The largest absolute Gasteiger partial charge is 0.497 e. The number of methoxy groups -OCH3 is 2. The lowest BCUT2D eigenvalue weighted by Crippen LogP contribution is -2.22. The Hall–Kier alpha value is -2.08. The minimum Gasteiger partial charge on any atom is -0.497 e. The number of carbonyl (C=O) groups is 1. The normalized spacial score (nSPS) is 10.2. The van der Waals surface area contributed by atoms with Gasteiger partial charge in [0.25, 0.3) is 5.91 Å². The molecule has 0 fully saturated rings. The maximum Gasteiger partial charge on any atom is 0.263 e. The summed E-state index contributed by atoms with van der Waals surface area (Å²) in [6, 6.07) is 5.48. The van der Waals surface area contributed by atoms with E-state index in [-0.39, 0.29) is 5.91 Å². The van der Waals surface area contributed by atoms with Crippen molar-refractivity contribution in [2.24, 2.45) is 0 Å². The van der Waals surface area contributed by atoms with E-state index in [4.69, 9.17) is 9.47 Å². The van der Waals surface area contributed by atoms with Gasteiger partial charge in [-0.3, -0.25) is 4.79 Å². The number of nitrogens with one attached hydrogen (secondary N) is 1. The number of hydrogen-bond donors (Lipinski definition) is 1. The van der Waals surface area contributed by atoms with E-state index in [9.17, 15) is 4.79 Å². The summed E-state index contributed by atoms with van der Waals surface area (Å²) in [6.07, 6.45) is 0. The Kier molecular flexibility index (Phi) is 4.57. The van der Waals surface area contributed by atoms with Gasteiger partial charge in [-0.1, -0.05) is 0 Å². The van der Waals surface area contributed by atoms with Crippen LogP contribution in [0.1, 0.15) is 20.9 Å². The first-order chi connectivity index (χ1) is 9.65. The van der Waals surface area contributed by atoms with Gasteiger partial charge < -0.3 is 14.8 Å². The van der Waals surface area contributed by atoms with Crippen molar-refractivity contribution in [2.45, 2.75) is 13.5 Å². The molecule has 2 aromatic rings. The van der Waals surface area contributed by atoms with E-state index in [2.05, 4.69) is 10.3 Å². The van der Waals surface area contributed by atoms with Gasteiger partial charge in [0.1, 0.15) is 16.4 Å². The van der Waals surface area contributed by atoms with Gasteiger partial charge in [0, 0.05) is 12.1 Å². The molecule has 0 aliphatic carbocycles. The maximum absolute atomic E-state index is 12.0. The van der Waals surface area contributed by atoms with Gasteiger partial charge in [0.15, 0.2) is 0 Å². The lowest BCUT2D eigenvalue weighted by molar-refractivity contribution is 0.0954. The molecular weight excluding hydrogens is 276 g/mol. The van der Waals surface area contributed by atoms with Crippen LogP contribution in [-0.2, 0) is 6.54 Å². The highest BCUT2D eigenvalue weighted by Crippen LogP contribution is 2.24. The molecule has 1 aromatic carbocycles. The van der Waals surface area contributed by atoms with Crippen LogP contribution in [0.5, 0.6) is 11.5 Å². The molecule has 2 rings (SSSR count). The summed E-state index contributed by atoms with van der Waals surface area (Å²) in [5.41, 5.74) is 3.27. The van der Waals surface area contributed by atoms with Crippen LogP contribution in [-0.4, -0.2) is 25.1 Å². The van der Waals surface area contributed by atoms with E-state index in [0.717, 1.165) is 17.0 Å². The van der Waals surface area contributed by atoms with E-state index < -0.39 is 0 Å². The molecule has 1 aromatic heterocycles. The van der Waals surface area contributed by atoms with Crippen molar-refractivity contribution in [3.05, 3.63) is 39.8 Å². The molecule has 106 valence electrons. The van der Waals surface area contributed by atoms with Gasteiger partial charge in [-0.25, -0.2) is 4.98 Å². The predicted octanol–water partition coefficient (Wildman–Crippen LogP) is 2.40. The zero-order chi connectivity index (χ0) is 14.5. The van der Waals surface area contributed by atoms with Crippen LogP contribution in [0, 0.1) is 6.92 Å². The molecule has 20 heavy (non-hydrogen) atoms. The van der Waals surface area contributed by atoms with Crippen molar-refractivity contribution in [3.63, 3.8) is 0 Å². The standard InChI is InChI=1S/C14H16N2O3S/c1-9-13(20-8-16-9)14(17)15-7-10-6-11(18-2)4-5-12(10)19-3/h4-6,8H,7H2,1-3H3,(H,15,17). The second kappa shape index (κ2) is 6.38. The third-order valence-electron chi connectivity index (χ3n) is 2.88. The van der Waals surface area contributed by atoms with E-state index in [1.54, 1.807) is 19.7 Å². The molecule has 6 heteroatoms. The Morgan fingerprint density at radius 2 is 2.15 bits per heavy atom. The van der Waals surface area contributed by atoms with Gasteiger partial charge in [-0.2, -0.15) is 0 Å². The molecule has 0 bridgehead atoms. The highest BCUT2D eigenvalue weighted by Gasteiger charge is 2.12. The lowest BCUT2D eigenvalue weighted by Gasteiger charge is -2.11. The van der Waals surface area contributed by atoms with Gasteiger partial charge in [-0.05, 0) is 25.1 Å². The van der Waals surface area contributed by atoms with Crippen LogP contribution in [0.25, 0.3) is 0 Å². The molecule has 0 unspecified atom stereocenters. The highest BCUT2D eigenvalue weighted by molar-refractivity contribution is 7.11. The van der Waals surface area contributed by atoms with Crippen molar-refractivity contribution >= 4 is 17.2 Å². The average Bonchev–Trinajstić information content (AvgIpc) is 2.90. The second-order valence-corrected chi connectivity index (χ2v) is 4.98. The van der Waals surface area contributed by atoms with Crippen LogP contribution in [0.4, 0.5) is 0 Å². The predicted molar refractivity (Wildman–Crippen MR) is 77.6 cm³/mol. The fraction of sp³-hybridized carbons (Fsp3) is 0.286. The molecule has 5 nitrogen and oxygen atoms in total. The van der Waals surface area contributed by atoms with Crippen molar-refractivity contribution in [3.8, 4) is 11.5 Å². The summed E-state index contributed by atoms with van der Waals surface area (Å²) in [7, 11) is 3.20. The first-order valence-corrected chi connectivity index (χ1v) is 6.93. The fourth-order valence-corrected chi connectivity index (χ4v) is 2.51. The molecule has 0 atom stereocenters. The molecule has 0 spiro atoms. The van der Waals surface area contributed by atoms with E-state index in [0.29, 0.717) is 17.2 Å². The highest BCUT2D eigenvalue weighted by atomic mass is 32.1. The van der Waals surface area contributed by atoms with Crippen molar-refractivity contribution in [2.75, 3.05) is 14.2 Å². The number of hydrogen-bond acceptors (Lipinski definition) is 5. The van der Waals surface area contributed by atoms with Crippen molar-refractivity contribution in [1.82, 2.24) is 10.3 Å². The van der Waals surface area contributed by atoms with Gasteiger partial charge in [-0.15, -0.1) is 11.3 Å². The van der Waals surface area contributed by atoms with Crippen LogP contribution in [0.2, 0.25) is 0 Å². The van der Waals surface area contributed by atoms with Crippen LogP contribution >= 0.6 is 11.3 Å². The number of thiazole rings is 1. The molecule has 0 saturated carbocycles. The lowest BCUT2D eigenvalue weighted by atomic mass is 10.2. The summed E-state index contributed by atoms with van der Waals surface area (Å²) in [5, 5.41) is 2.86. The third kappa shape index (κ3) is 3.08. The van der Waals surface area contributed by atoms with Gasteiger partial charge in [0.05, 0.1) is 25.4 Å². The number of carbonyl (C=O) groups excluding carboxylic acids is 1. The molecule has 0 saturated heterocycles. The second-order valence-electron chi connectivity index (χ2n) is 4.13. The number of benzene rings is 1. The Morgan fingerprint density at radius 1 is 1.35 bits per heavy atom. The van der Waals surface area contributed by atoms with Crippen LogP contribution < -0.4 is 14.8 Å². The monoisotopic (exact) mass is 292 g/mol. The summed E-state index contributed by atoms with van der Waals surface area (Å²) < 4.78 is 10.5. The molecular formula is C14H16N2O3S. The van der Waals surface area contributed by atoms with E-state index in [1.165, 1.54) is 11.3 Å². The van der Waals surface area contributed by atoms with Crippen molar-refractivity contribution < 1.29 is 14.3 Å². The molecule has 1 heterocycles. The molecule has 0 radical (unpaired) electrons. The van der Waals surface area contributed by atoms with Crippen LogP contribution in [0.3, 0.4) is 0 Å². The average molecular weight is 292 g/mol. The smallest absolute Gasteiger partial charge is 0.263 e. The Balaban J connectivity index is 2.10. The first-order valence-electron chi connectivity index (χ1n) is 6.05. The molecule has 0 aliphatic heterocycles. The van der Waals surface area contributed by atoms with Crippen LogP contribution in [0.15, 0.2) is 23.7 Å². The zero-order valence-corrected chi connectivity index (χ0v) is 12.4. The summed E-state index contributed by atoms with van der Waals surface area (Å²) in [5.74, 6) is 1.31. The van der Waals surface area contributed by atoms with Gasteiger partial charge >= 0.3 is 0 Å². The quantitative estimate of drug-likeness (QED) is 0.919. The topological polar surface area (TPSA) is 60.5 Å². The summed E-state index contributed by atoms with van der Waals surface area (Å²) in [6.45, 7) is 2.19. The van der Waals surface area contributed by atoms with Crippen molar-refractivity contribution in [1.29, 1.82) is 0 Å². The molecule has 1 N–H and O–H groups in total. The molecule has 0 aliphatic rings. The Bertz CT molecular complexity index is 610. The first kappa shape index (κ1) is 14.3. The Morgan fingerprint density at radius 3 is 2.75 bits per heavy atom. The number of ether oxygens (including phenoxy) is 2. The summed E-state index contributed by atoms with van der Waals surface area (Å²) >= 11 is 1.33. The number of aromatic nitrogens is 1. The Labute approximate surface area is 121 Å². The molecule has 1 amide bonds. The number of nitrogens with zero attached hydrogens (tertiary/aromatic N) is 1. The van der Waals surface area contributed by atoms with E-state index >= 15 is 0 Å². The number of rotatable bonds is 5. The zero-order valence-electron chi connectivity index (χ0n) is 11.6. The number of aryl methyl sites for hydroxylation is 1. The van der Waals surface area contributed by atoms with E-state index in [1.807, 2.05) is 25.1 Å². The number of amides is 1. The fourth-order valence-electron chi connectivity index (χ4n) is 1.80. The maximum atomic E-state index is 12.0. The van der Waals surface area contributed by atoms with Gasteiger partial charge in [0.2, 0.25) is 0 Å². The third-order valence-corrected chi connectivity index (χ3v) is 3.81. The summed E-state index contributed by atoms with van der Waals surface area (Å²) in [4.78, 5) is 16.7. The minimum absolute atomic E-state index is 0.130.